The largest absolute Gasteiger partial charge is 0.494 e. The Balaban J connectivity index is 1.92. The molecule has 0 aromatic heterocycles. The summed E-state index contributed by atoms with van der Waals surface area (Å²) in [5.74, 6) is 1.06. The molecule has 1 N–H and O–H groups in total. The van der Waals surface area contributed by atoms with Crippen LogP contribution in [0.5, 0.6) is 5.75 Å². The summed E-state index contributed by atoms with van der Waals surface area (Å²) in [7, 11) is 0. The van der Waals surface area contributed by atoms with Crippen LogP contribution >= 0.6 is 0 Å². The number of hydrogen-bond acceptors (Lipinski definition) is 2. The predicted octanol–water partition coefficient (Wildman–Crippen LogP) is 3.38. The number of allylic oxidation sites excluding steroid dienone is 2. The maximum absolute atomic E-state index is 12.0. The molecule has 0 spiro atoms. The number of ether oxygens (including phenoxy) is 1. The van der Waals surface area contributed by atoms with E-state index < -0.39 is 0 Å². The number of benzene rings is 1. The minimum absolute atomic E-state index is 0.113. The van der Waals surface area contributed by atoms with Gasteiger partial charge in [0.15, 0.2) is 0 Å². The molecule has 0 radical (unpaired) electrons. The van der Waals surface area contributed by atoms with Crippen molar-refractivity contribution in [3.05, 3.63) is 36.4 Å². The van der Waals surface area contributed by atoms with E-state index in [2.05, 4.69) is 17.5 Å². The van der Waals surface area contributed by atoms with Crippen molar-refractivity contribution in [3.63, 3.8) is 0 Å². The number of carbonyl (C=O) groups excluding carboxylic acids is 1. The highest BCUT2D eigenvalue weighted by atomic mass is 16.5. The van der Waals surface area contributed by atoms with Crippen molar-refractivity contribution in [1.29, 1.82) is 0 Å². The fourth-order valence-corrected chi connectivity index (χ4v) is 2.08. The van der Waals surface area contributed by atoms with Crippen molar-refractivity contribution < 1.29 is 9.53 Å². The van der Waals surface area contributed by atoms with Gasteiger partial charge in [-0.05, 0) is 50.5 Å². The Morgan fingerprint density at radius 3 is 2.72 bits per heavy atom. The van der Waals surface area contributed by atoms with Crippen LogP contribution in [0.25, 0.3) is 0 Å². The lowest BCUT2D eigenvalue weighted by atomic mass is 9.93. The van der Waals surface area contributed by atoms with Crippen molar-refractivity contribution in [2.75, 3.05) is 11.9 Å². The third-order valence-corrected chi connectivity index (χ3v) is 3.07. The molecule has 2 rings (SSSR count). The van der Waals surface area contributed by atoms with Crippen LogP contribution in [0.4, 0.5) is 5.69 Å². The summed E-state index contributed by atoms with van der Waals surface area (Å²) in [5.41, 5.74) is 0.831. The van der Waals surface area contributed by atoms with Crippen molar-refractivity contribution in [2.24, 2.45) is 5.92 Å². The van der Waals surface area contributed by atoms with Crippen LogP contribution in [0.15, 0.2) is 36.4 Å². The summed E-state index contributed by atoms with van der Waals surface area (Å²) in [6, 6.07) is 7.50. The molecule has 1 aromatic carbocycles. The van der Waals surface area contributed by atoms with Gasteiger partial charge in [0.1, 0.15) is 5.75 Å². The molecule has 18 heavy (non-hydrogen) atoms. The second-order valence-electron chi connectivity index (χ2n) is 4.43. The van der Waals surface area contributed by atoms with E-state index in [4.69, 9.17) is 4.74 Å². The van der Waals surface area contributed by atoms with E-state index in [-0.39, 0.29) is 11.8 Å². The van der Waals surface area contributed by atoms with E-state index >= 15 is 0 Å². The van der Waals surface area contributed by atoms with E-state index in [1.54, 1.807) is 0 Å². The number of hydrogen-bond donors (Lipinski definition) is 1. The number of rotatable bonds is 4. The van der Waals surface area contributed by atoms with Crippen molar-refractivity contribution in [3.8, 4) is 5.75 Å². The molecule has 96 valence electrons. The summed E-state index contributed by atoms with van der Waals surface area (Å²) in [4.78, 5) is 12.0. The molecule has 0 saturated carbocycles. The Hall–Kier alpha value is -1.77. The van der Waals surface area contributed by atoms with Gasteiger partial charge >= 0.3 is 0 Å². The second-order valence-corrected chi connectivity index (χ2v) is 4.43. The van der Waals surface area contributed by atoms with Gasteiger partial charge in [0, 0.05) is 11.6 Å². The zero-order valence-corrected chi connectivity index (χ0v) is 10.7. The summed E-state index contributed by atoms with van der Waals surface area (Å²) < 4.78 is 5.36. The van der Waals surface area contributed by atoms with Crippen LogP contribution in [0.2, 0.25) is 0 Å². The van der Waals surface area contributed by atoms with E-state index in [0.717, 1.165) is 30.7 Å². The zero-order chi connectivity index (χ0) is 12.8. The Labute approximate surface area is 108 Å². The molecule has 0 aliphatic heterocycles. The monoisotopic (exact) mass is 245 g/mol. The van der Waals surface area contributed by atoms with E-state index in [1.807, 2.05) is 31.2 Å². The fraction of sp³-hybridized carbons (Fsp3) is 0.400. The second kappa shape index (κ2) is 6.24. The van der Waals surface area contributed by atoms with Gasteiger partial charge < -0.3 is 10.1 Å². The average molecular weight is 245 g/mol. The highest BCUT2D eigenvalue weighted by Crippen LogP contribution is 2.21. The minimum Gasteiger partial charge on any atom is -0.494 e. The summed E-state index contributed by atoms with van der Waals surface area (Å²) >= 11 is 0. The van der Waals surface area contributed by atoms with Crippen molar-refractivity contribution in [2.45, 2.75) is 26.2 Å². The fourth-order valence-electron chi connectivity index (χ4n) is 2.08. The van der Waals surface area contributed by atoms with Crippen LogP contribution in [-0.4, -0.2) is 12.5 Å². The topological polar surface area (TPSA) is 38.3 Å². The smallest absolute Gasteiger partial charge is 0.227 e. The van der Waals surface area contributed by atoms with Gasteiger partial charge in [0.2, 0.25) is 5.91 Å². The maximum Gasteiger partial charge on any atom is 0.227 e. The van der Waals surface area contributed by atoms with Gasteiger partial charge in [0.05, 0.1) is 6.61 Å². The van der Waals surface area contributed by atoms with Gasteiger partial charge in [-0.1, -0.05) is 12.2 Å². The lowest BCUT2D eigenvalue weighted by Crippen LogP contribution is -2.23. The third-order valence-electron chi connectivity index (χ3n) is 3.07. The number of amides is 1. The quantitative estimate of drug-likeness (QED) is 0.826. The molecular formula is C15H19NO2. The molecule has 0 heterocycles. The number of carbonyl (C=O) groups is 1. The molecule has 0 bridgehead atoms. The average Bonchev–Trinajstić information content (AvgIpc) is 2.42. The van der Waals surface area contributed by atoms with E-state index in [1.165, 1.54) is 0 Å². The number of nitrogens with one attached hydrogen (secondary N) is 1. The molecule has 0 unspecified atom stereocenters. The Morgan fingerprint density at radius 1 is 1.33 bits per heavy atom. The van der Waals surface area contributed by atoms with E-state index in [0.29, 0.717) is 6.61 Å². The summed E-state index contributed by atoms with van der Waals surface area (Å²) in [6.07, 6.45) is 7.02. The van der Waals surface area contributed by atoms with E-state index in [9.17, 15) is 4.79 Å². The van der Waals surface area contributed by atoms with Crippen molar-refractivity contribution >= 4 is 11.6 Å². The van der Waals surface area contributed by atoms with Crippen molar-refractivity contribution in [1.82, 2.24) is 0 Å². The number of anilines is 1. The zero-order valence-electron chi connectivity index (χ0n) is 10.7. The van der Waals surface area contributed by atoms with Crippen LogP contribution in [-0.2, 0) is 4.79 Å². The lowest BCUT2D eigenvalue weighted by molar-refractivity contribution is -0.120. The first-order valence-electron chi connectivity index (χ1n) is 6.48. The van der Waals surface area contributed by atoms with Gasteiger partial charge in [-0.2, -0.15) is 0 Å². The summed E-state index contributed by atoms with van der Waals surface area (Å²) in [5, 5.41) is 2.95. The highest BCUT2D eigenvalue weighted by Gasteiger charge is 2.18. The normalized spacial score (nSPS) is 18.4. The Morgan fingerprint density at radius 2 is 2.11 bits per heavy atom. The van der Waals surface area contributed by atoms with Crippen LogP contribution < -0.4 is 10.1 Å². The SMILES string of the molecule is CCOc1ccc(NC(=O)[C@@H]2CC=CCC2)cc1. The minimum atomic E-state index is 0.113. The third kappa shape index (κ3) is 3.36. The van der Waals surface area contributed by atoms with Gasteiger partial charge in [-0.15, -0.1) is 0 Å². The molecule has 1 aliphatic rings. The maximum atomic E-state index is 12.0. The molecule has 1 atom stereocenters. The first kappa shape index (κ1) is 12.7. The molecule has 3 nitrogen and oxygen atoms in total. The lowest BCUT2D eigenvalue weighted by Gasteiger charge is -2.17. The van der Waals surface area contributed by atoms with Gasteiger partial charge in [-0.3, -0.25) is 4.79 Å². The van der Waals surface area contributed by atoms with Gasteiger partial charge in [0.25, 0.3) is 0 Å². The van der Waals surface area contributed by atoms with Crippen LogP contribution in [0, 0.1) is 5.92 Å². The Bertz CT molecular complexity index is 423. The van der Waals surface area contributed by atoms with Crippen LogP contribution in [0.3, 0.4) is 0 Å². The molecule has 0 saturated heterocycles. The summed E-state index contributed by atoms with van der Waals surface area (Å²) in [6.45, 7) is 2.60. The van der Waals surface area contributed by atoms with Crippen LogP contribution in [0.1, 0.15) is 26.2 Å². The Kier molecular flexibility index (Phi) is 4.40. The first-order valence-corrected chi connectivity index (χ1v) is 6.48. The molecule has 3 heteroatoms. The molecule has 1 amide bonds. The standard InChI is InChI=1S/C15H19NO2/c1-2-18-14-10-8-13(9-11-14)16-15(17)12-6-4-3-5-7-12/h3-4,8-12H,2,5-7H2,1H3,(H,16,17)/t12-/m1/s1. The molecular weight excluding hydrogens is 226 g/mol. The molecule has 0 fully saturated rings. The van der Waals surface area contributed by atoms with Gasteiger partial charge in [-0.25, -0.2) is 0 Å². The molecule has 1 aromatic rings. The predicted molar refractivity (Wildman–Crippen MR) is 72.7 cm³/mol. The first-order chi connectivity index (χ1) is 8.79. The molecule has 1 aliphatic carbocycles. The highest BCUT2D eigenvalue weighted by molar-refractivity contribution is 5.92.